The van der Waals surface area contributed by atoms with Crippen LogP contribution in [0.4, 0.5) is 14.6 Å². The fourth-order valence-corrected chi connectivity index (χ4v) is 7.89. The molecule has 8 rings (SSSR count). The Labute approximate surface area is 258 Å². The Morgan fingerprint density at radius 1 is 1.11 bits per heavy atom. The van der Waals surface area contributed by atoms with E-state index in [1.165, 1.54) is 6.07 Å². The summed E-state index contributed by atoms with van der Waals surface area (Å²) in [6.07, 6.45) is 5.05. The number of pyridine rings is 1. The molecular weight excluding hydrogens is 576 g/mol. The number of rotatable bonds is 5. The first-order valence-electron chi connectivity index (χ1n) is 15.5. The third-order valence-electron chi connectivity index (χ3n) is 9.88. The van der Waals surface area contributed by atoms with E-state index in [2.05, 4.69) is 36.9 Å². The molecule has 6 heterocycles. The number of nitrogens with zero attached hydrogens (tertiary/aromatic N) is 6. The zero-order chi connectivity index (χ0) is 30.7. The summed E-state index contributed by atoms with van der Waals surface area (Å²) in [5.41, 5.74) is 0.506. The summed E-state index contributed by atoms with van der Waals surface area (Å²) in [7, 11) is 0. The van der Waals surface area contributed by atoms with E-state index >= 15 is 4.39 Å². The topological polar surface area (TPSA) is 110 Å². The highest BCUT2D eigenvalue weighted by Gasteiger charge is 2.49. The lowest BCUT2D eigenvalue weighted by atomic mass is 9.95. The van der Waals surface area contributed by atoms with Gasteiger partial charge in [-0.15, -0.1) is 0 Å². The molecule has 4 fully saturated rings. The van der Waals surface area contributed by atoms with Crippen LogP contribution in [0.25, 0.3) is 32.9 Å². The number of fused-ring (bicyclic) bond motifs is 5. The van der Waals surface area contributed by atoms with Crippen molar-refractivity contribution in [2.24, 2.45) is 0 Å². The van der Waals surface area contributed by atoms with Gasteiger partial charge in [0.05, 0.1) is 10.9 Å². The second-order valence-electron chi connectivity index (χ2n) is 12.7. The highest BCUT2D eigenvalue weighted by atomic mass is 19.1. The lowest BCUT2D eigenvalue weighted by molar-refractivity contribution is 0.107. The minimum Gasteiger partial charge on any atom is -0.508 e. The standard InChI is InChI=1S/C34H31F2N7O2/c35-22-14-34(10-2-12-43(34)16-22)19-45-33-40-30-27(32(41-33)42-17-23-6-7-24(18-42)39-23)15-38-31(29(30)36)28-20(3-1-11-37)4-5-21-13-25(44)8-9-26(21)28/h4-5,8-9,13,15,22-24,39,44H,2,6-7,10,12,14,16-19H2/t22-,23-,24+,34+/m1/s1. The smallest absolute Gasteiger partial charge is 0.319 e. The number of nitrogens with one attached hydrogen (secondary N) is 1. The molecule has 0 radical (unpaired) electrons. The van der Waals surface area contributed by atoms with Crippen LogP contribution < -0.4 is 15.0 Å². The predicted octanol–water partition coefficient (Wildman–Crippen LogP) is 4.46. The largest absolute Gasteiger partial charge is 0.508 e. The van der Waals surface area contributed by atoms with Gasteiger partial charge in [-0.2, -0.15) is 15.2 Å². The summed E-state index contributed by atoms with van der Waals surface area (Å²) in [5, 5.41) is 24.6. The van der Waals surface area contributed by atoms with E-state index in [0.29, 0.717) is 71.2 Å². The SMILES string of the molecule is N#CC#Cc1ccc2cc(O)ccc2c1-c1ncc2c(N3C[C@H]4CC[C@@H](C3)N4)nc(OC[C@@]34CCCN3C[C@H](F)C4)nc2c1F. The van der Waals surface area contributed by atoms with E-state index in [4.69, 9.17) is 15.0 Å². The number of phenols is 1. The molecule has 2 aromatic carbocycles. The van der Waals surface area contributed by atoms with E-state index in [-0.39, 0.29) is 29.6 Å². The van der Waals surface area contributed by atoms with Gasteiger partial charge in [0.15, 0.2) is 11.9 Å². The molecule has 4 aromatic rings. The predicted molar refractivity (Wildman–Crippen MR) is 165 cm³/mol. The quantitative estimate of drug-likeness (QED) is 0.318. The van der Waals surface area contributed by atoms with E-state index in [9.17, 15) is 9.50 Å². The van der Waals surface area contributed by atoms with E-state index in [1.807, 2.05) is 6.07 Å². The molecule has 11 heteroatoms. The zero-order valence-electron chi connectivity index (χ0n) is 24.6. The van der Waals surface area contributed by atoms with Gasteiger partial charge in [0.2, 0.25) is 0 Å². The van der Waals surface area contributed by atoms with Gasteiger partial charge in [0.1, 0.15) is 35.6 Å². The Kier molecular flexibility index (Phi) is 6.70. The Morgan fingerprint density at radius 3 is 2.78 bits per heavy atom. The Bertz CT molecular complexity index is 1940. The highest BCUT2D eigenvalue weighted by molar-refractivity contribution is 6.01. The second-order valence-corrected chi connectivity index (χ2v) is 12.7. The number of ether oxygens (including phenoxy) is 1. The van der Waals surface area contributed by atoms with Crippen molar-refractivity contribution in [3.63, 3.8) is 0 Å². The molecule has 4 aliphatic rings. The van der Waals surface area contributed by atoms with Gasteiger partial charge in [0.25, 0.3) is 0 Å². The normalized spacial score (nSPS) is 25.7. The van der Waals surface area contributed by atoms with Crippen molar-refractivity contribution >= 4 is 27.5 Å². The Hall–Kier alpha value is -4.58. The number of halogens is 2. The monoisotopic (exact) mass is 607 g/mol. The van der Waals surface area contributed by atoms with Crippen molar-refractivity contribution in [2.45, 2.75) is 55.9 Å². The van der Waals surface area contributed by atoms with Crippen LogP contribution in [0.15, 0.2) is 36.5 Å². The lowest BCUT2D eigenvalue weighted by Gasteiger charge is -2.34. The van der Waals surface area contributed by atoms with Gasteiger partial charge in [-0.3, -0.25) is 9.88 Å². The number of nitriles is 1. The number of hydrogen-bond acceptors (Lipinski definition) is 9. The van der Waals surface area contributed by atoms with Crippen molar-refractivity contribution in [3.8, 4) is 40.9 Å². The Balaban J connectivity index is 1.28. The molecule has 4 aliphatic heterocycles. The highest BCUT2D eigenvalue weighted by Crippen LogP contribution is 2.41. The van der Waals surface area contributed by atoms with Gasteiger partial charge in [-0.25, -0.2) is 8.78 Å². The summed E-state index contributed by atoms with van der Waals surface area (Å²) >= 11 is 0. The fraction of sp³-hybridized carbons (Fsp3) is 0.412. The Morgan fingerprint density at radius 2 is 1.96 bits per heavy atom. The molecule has 4 atom stereocenters. The van der Waals surface area contributed by atoms with Crippen molar-refractivity contribution in [1.82, 2.24) is 25.2 Å². The molecule has 0 aliphatic carbocycles. The minimum absolute atomic E-state index is 0.0219. The van der Waals surface area contributed by atoms with E-state index < -0.39 is 17.5 Å². The molecule has 0 unspecified atom stereocenters. The first kappa shape index (κ1) is 27.9. The van der Waals surface area contributed by atoms with Crippen LogP contribution in [0.5, 0.6) is 11.8 Å². The number of benzene rings is 2. The van der Waals surface area contributed by atoms with Crippen molar-refractivity contribution in [2.75, 3.05) is 37.7 Å². The van der Waals surface area contributed by atoms with Gasteiger partial charge in [-0.05, 0) is 67.3 Å². The molecule has 4 saturated heterocycles. The van der Waals surface area contributed by atoms with Crippen LogP contribution in [0.1, 0.15) is 37.7 Å². The van der Waals surface area contributed by atoms with Gasteiger partial charge >= 0.3 is 6.01 Å². The van der Waals surface area contributed by atoms with Crippen LogP contribution in [-0.2, 0) is 0 Å². The number of hydrogen-bond donors (Lipinski definition) is 2. The molecule has 9 nitrogen and oxygen atoms in total. The average Bonchev–Trinajstić information content (AvgIpc) is 3.69. The number of anilines is 1. The maximum atomic E-state index is 16.9. The molecule has 45 heavy (non-hydrogen) atoms. The number of aromatic nitrogens is 3. The molecule has 0 spiro atoms. The molecule has 2 bridgehead atoms. The molecule has 2 aromatic heterocycles. The third kappa shape index (κ3) is 4.78. The van der Waals surface area contributed by atoms with Gasteiger partial charge in [0, 0.05) is 61.4 Å². The molecular formula is C34H31F2N7O2. The van der Waals surface area contributed by atoms with Crippen molar-refractivity contribution in [3.05, 3.63) is 47.9 Å². The molecule has 228 valence electrons. The van der Waals surface area contributed by atoms with Crippen LogP contribution >= 0.6 is 0 Å². The summed E-state index contributed by atoms with van der Waals surface area (Å²) < 4.78 is 37.6. The van der Waals surface area contributed by atoms with E-state index in [0.717, 1.165) is 32.2 Å². The number of alkyl halides is 1. The maximum Gasteiger partial charge on any atom is 0.319 e. The molecule has 0 saturated carbocycles. The number of phenolic OH excluding ortho intramolecular Hbond substituents is 1. The number of aromatic hydroxyl groups is 1. The summed E-state index contributed by atoms with van der Waals surface area (Å²) in [4.78, 5) is 18.4. The second kappa shape index (κ2) is 10.8. The molecule has 2 N–H and O–H groups in total. The van der Waals surface area contributed by atoms with Crippen LogP contribution in [0.2, 0.25) is 0 Å². The third-order valence-corrected chi connectivity index (χ3v) is 9.88. The zero-order valence-corrected chi connectivity index (χ0v) is 24.6. The van der Waals surface area contributed by atoms with Crippen LogP contribution in [0.3, 0.4) is 0 Å². The minimum atomic E-state index is -0.898. The van der Waals surface area contributed by atoms with Crippen LogP contribution in [-0.4, -0.2) is 81.5 Å². The average molecular weight is 608 g/mol. The van der Waals surface area contributed by atoms with Gasteiger partial charge in [-0.1, -0.05) is 12.0 Å². The maximum absolute atomic E-state index is 16.9. The van der Waals surface area contributed by atoms with Crippen LogP contribution in [0, 0.1) is 29.0 Å². The first-order valence-corrected chi connectivity index (χ1v) is 15.5. The molecule has 0 amide bonds. The number of piperazine rings is 1. The fourth-order valence-electron chi connectivity index (χ4n) is 7.89. The lowest BCUT2D eigenvalue weighted by Crippen LogP contribution is -2.51. The summed E-state index contributed by atoms with van der Waals surface area (Å²) in [6.45, 7) is 2.90. The summed E-state index contributed by atoms with van der Waals surface area (Å²) in [5.74, 6) is 5.21. The summed E-state index contributed by atoms with van der Waals surface area (Å²) in [6, 6.07) is 10.8. The van der Waals surface area contributed by atoms with Crippen molar-refractivity contribution < 1.29 is 18.6 Å². The van der Waals surface area contributed by atoms with Gasteiger partial charge < -0.3 is 20.1 Å². The van der Waals surface area contributed by atoms with Crippen molar-refractivity contribution in [1.29, 1.82) is 5.26 Å². The first-order chi connectivity index (χ1) is 21.9. The van der Waals surface area contributed by atoms with E-state index in [1.54, 1.807) is 30.5 Å².